The molecule has 2 nitrogen and oxygen atoms in total. The highest BCUT2D eigenvalue weighted by Gasteiger charge is 2.17. The van der Waals surface area contributed by atoms with E-state index in [1.807, 2.05) is 6.92 Å². The highest BCUT2D eigenvalue weighted by molar-refractivity contribution is 5.66. The van der Waals surface area contributed by atoms with Gasteiger partial charge < -0.3 is 4.74 Å². The Morgan fingerprint density at radius 2 is 1.41 bits per heavy atom. The topological polar surface area (TPSA) is 26.3 Å². The summed E-state index contributed by atoms with van der Waals surface area (Å²) in [5.41, 5.74) is 2.62. The van der Waals surface area contributed by atoms with E-state index in [1.165, 1.54) is 18.1 Å². The Morgan fingerprint density at radius 1 is 1.00 bits per heavy atom. The maximum Gasteiger partial charge on any atom is 0.302 e. The van der Waals surface area contributed by atoms with E-state index in [2.05, 4.69) is 39.8 Å². The molecule has 1 unspecified atom stereocenters. The van der Waals surface area contributed by atoms with Crippen LogP contribution in [0.25, 0.3) is 0 Å². The van der Waals surface area contributed by atoms with Crippen molar-refractivity contribution in [2.45, 2.75) is 60.5 Å². The Morgan fingerprint density at radius 3 is 1.71 bits per heavy atom. The molecule has 0 aliphatic heterocycles. The fourth-order valence-corrected chi connectivity index (χ4v) is 1.61. The predicted octanol–water partition coefficient (Wildman–Crippen LogP) is 4.27. The number of carbonyl (C=O) groups excluding carboxylic acids is 1. The molecule has 0 saturated carbocycles. The smallest absolute Gasteiger partial charge is 0.302 e. The second-order valence-corrected chi connectivity index (χ2v) is 5.11. The monoisotopic (exact) mass is 238 g/mol. The van der Waals surface area contributed by atoms with Crippen LogP contribution in [-0.4, -0.2) is 12.1 Å². The van der Waals surface area contributed by atoms with Gasteiger partial charge in [-0.25, -0.2) is 0 Å². The average Bonchev–Trinajstić information content (AvgIpc) is 2.15. The van der Waals surface area contributed by atoms with E-state index in [9.17, 15) is 4.79 Å². The van der Waals surface area contributed by atoms with Crippen LogP contribution < -0.4 is 0 Å². The van der Waals surface area contributed by atoms with Crippen molar-refractivity contribution in [3.63, 3.8) is 0 Å². The molecule has 0 aliphatic carbocycles. The van der Waals surface area contributed by atoms with E-state index in [0.29, 0.717) is 5.92 Å². The summed E-state index contributed by atoms with van der Waals surface area (Å²) in [6.07, 6.45) is 6.31. The van der Waals surface area contributed by atoms with Gasteiger partial charge in [-0.15, -0.1) is 0 Å². The van der Waals surface area contributed by atoms with Crippen LogP contribution in [0, 0.1) is 5.92 Å². The molecule has 0 amide bonds. The predicted molar refractivity (Wildman–Crippen MR) is 72.8 cm³/mol. The van der Waals surface area contributed by atoms with Crippen molar-refractivity contribution >= 4 is 5.97 Å². The summed E-state index contributed by atoms with van der Waals surface area (Å²) in [4.78, 5) is 11.0. The lowest BCUT2D eigenvalue weighted by Crippen LogP contribution is -2.22. The second-order valence-electron chi connectivity index (χ2n) is 5.11. The highest BCUT2D eigenvalue weighted by Crippen LogP contribution is 2.20. The fraction of sp³-hybridized carbons (Fsp3) is 0.667. The van der Waals surface area contributed by atoms with E-state index in [-0.39, 0.29) is 12.1 Å². The summed E-state index contributed by atoms with van der Waals surface area (Å²) in [5.74, 6) is 0.167. The van der Waals surface area contributed by atoms with Crippen LogP contribution in [0.4, 0.5) is 0 Å². The van der Waals surface area contributed by atoms with Crippen LogP contribution in [0.3, 0.4) is 0 Å². The molecule has 0 aromatic heterocycles. The van der Waals surface area contributed by atoms with E-state index < -0.39 is 0 Å². The van der Waals surface area contributed by atoms with E-state index >= 15 is 0 Å². The zero-order chi connectivity index (χ0) is 13.4. The zero-order valence-corrected chi connectivity index (χ0v) is 12.0. The normalized spacial score (nSPS) is 11.9. The van der Waals surface area contributed by atoms with Gasteiger partial charge in [0.25, 0.3) is 0 Å². The number of carbonyl (C=O) groups is 1. The van der Waals surface area contributed by atoms with E-state index in [1.54, 1.807) is 0 Å². The molecular formula is C15H26O2. The molecule has 0 N–H and O–H groups in total. The third-order valence-corrected chi connectivity index (χ3v) is 2.67. The van der Waals surface area contributed by atoms with Crippen molar-refractivity contribution in [2.75, 3.05) is 0 Å². The van der Waals surface area contributed by atoms with Crippen LogP contribution in [0.2, 0.25) is 0 Å². The quantitative estimate of drug-likeness (QED) is 0.510. The van der Waals surface area contributed by atoms with Gasteiger partial charge >= 0.3 is 5.97 Å². The molecule has 0 fully saturated rings. The molecule has 0 bridgehead atoms. The third kappa shape index (κ3) is 8.73. The van der Waals surface area contributed by atoms with Crippen LogP contribution >= 0.6 is 0 Å². The van der Waals surface area contributed by atoms with Gasteiger partial charge in [0, 0.05) is 12.8 Å². The Kier molecular flexibility index (Phi) is 7.60. The lowest BCUT2D eigenvalue weighted by molar-refractivity contribution is -0.147. The minimum Gasteiger partial charge on any atom is -0.463 e. The third-order valence-electron chi connectivity index (χ3n) is 2.67. The summed E-state index contributed by atoms with van der Waals surface area (Å²) < 4.78 is 5.28. The molecular weight excluding hydrogens is 212 g/mol. The van der Waals surface area contributed by atoms with Gasteiger partial charge in [0.15, 0.2) is 0 Å². The number of esters is 1. The van der Waals surface area contributed by atoms with Crippen LogP contribution in [0.1, 0.15) is 54.4 Å². The maximum atomic E-state index is 11.0. The molecule has 0 heterocycles. The molecule has 0 saturated heterocycles. The van der Waals surface area contributed by atoms with Crippen molar-refractivity contribution in [2.24, 2.45) is 5.92 Å². The summed E-state index contributed by atoms with van der Waals surface area (Å²) in [6, 6.07) is 0. The first-order chi connectivity index (χ1) is 7.82. The average molecular weight is 238 g/mol. The number of hydrogen-bond donors (Lipinski definition) is 0. The second kappa shape index (κ2) is 8.10. The van der Waals surface area contributed by atoms with Gasteiger partial charge in [-0.1, -0.05) is 23.3 Å². The molecule has 0 aromatic carbocycles. The van der Waals surface area contributed by atoms with Gasteiger partial charge in [0.1, 0.15) is 6.10 Å². The Bertz CT molecular complexity index is 272. The first-order valence-corrected chi connectivity index (χ1v) is 6.26. The molecule has 17 heavy (non-hydrogen) atoms. The molecule has 0 aromatic rings. The van der Waals surface area contributed by atoms with Crippen LogP contribution in [-0.2, 0) is 9.53 Å². The number of hydrogen-bond acceptors (Lipinski definition) is 2. The summed E-state index contributed by atoms with van der Waals surface area (Å²) in [6.45, 7) is 11.8. The van der Waals surface area contributed by atoms with Gasteiger partial charge in [-0.2, -0.15) is 0 Å². The Labute approximate surface area is 106 Å². The van der Waals surface area contributed by atoms with Gasteiger partial charge in [-0.3, -0.25) is 4.79 Å². The van der Waals surface area contributed by atoms with Crippen molar-refractivity contribution in [1.29, 1.82) is 0 Å². The first-order valence-electron chi connectivity index (χ1n) is 6.26. The number of allylic oxidation sites excluding steroid dienone is 4. The maximum absolute atomic E-state index is 11.0. The minimum atomic E-state index is -0.197. The minimum absolute atomic E-state index is 0.0290. The molecule has 98 valence electrons. The Balaban J connectivity index is 4.53. The lowest BCUT2D eigenvalue weighted by Gasteiger charge is -2.21. The van der Waals surface area contributed by atoms with Crippen molar-refractivity contribution < 1.29 is 9.53 Å². The van der Waals surface area contributed by atoms with Crippen molar-refractivity contribution in [3.05, 3.63) is 23.3 Å². The SMILES string of the molecule is CC(=O)OC(C)C(CC=C(C)C)CC=C(C)C. The van der Waals surface area contributed by atoms with Crippen LogP contribution in [0.5, 0.6) is 0 Å². The molecule has 0 rings (SSSR count). The summed E-state index contributed by atoms with van der Waals surface area (Å²) >= 11 is 0. The van der Waals surface area contributed by atoms with Crippen LogP contribution in [0.15, 0.2) is 23.3 Å². The molecule has 0 radical (unpaired) electrons. The fourth-order valence-electron chi connectivity index (χ4n) is 1.61. The molecule has 2 heteroatoms. The lowest BCUT2D eigenvalue weighted by atomic mass is 9.94. The standard InChI is InChI=1S/C15H26O2/c1-11(2)7-9-15(10-8-12(3)4)13(5)17-14(6)16/h7-8,13,15H,9-10H2,1-6H3. The van der Waals surface area contributed by atoms with Gasteiger partial charge in [-0.05, 0) is 47.5 Å². The highest BCUT2D eigenvalue weighted by atomic mass is 16.5. The largest absolute Gasteiger partial charge is 0.463 e. The van der Waals surface area contributed by atoms with Gasteiger partial charge in [0.05, 0.1) is 0 Å². The van der Waals surface area contributed by atoms with Crippen molar-refractivity contribution in [3.8, 4) is 0 Å². The Hall–Kier alpha value is -1.05. The van der Waals surface area contributed by atoms with E-state index in [0.717, 1.165) is 12.8 Å². The number of ether oxygens (including phenoxy) is 1. The van der Waals surface area contributed by atoms with Gasteiger partial charge in [0.2, 0.25) is 0 Å². The molecule has 1 atom stereocenters. The molecule has 0 aliphatic rings. The molecule has 0 spiro atoms. The number of rotatable bonds is 6. The summed E-state index contributed by atoms with van der Waals surface area (Å²) in [7, 11) is 0. The van der Waals surface area contributed by atoms with E-state index in [4.69, 9.17) is 4.74 Å². The zero-order valence-electron chi connectivity index (χ0n) is 12.0. The first kappa shape index (κ1) is 16.0. The van der Waals surface area contributed by atoms with Crippen molar-refractivity contribution in [1.82, 2.24) is 0 Å². The summed E-state index contributed by atoms with van der Waals surface area (Å²) in [5, 5.41) is 0.